The van der Waals surface area contributed by atoms with Gasteiger partial charge in [-0.2, -0.15) is 0 Å². The van der Waals surface area contributed by atoms with E-state index < -0.39 is 18.2 Å². The minimum Gasteiger partial charge on any atom is -0.462 e. The molecule has 0 aromatic carbocycles. The van der Waals surface area contributed by atoms with Crippen molar-refractivity contribution < 1.29 is 24.5 Å². The Labute approximate surface area is 358 Å². The molecule has 0 heterocycles. The molecule has 6 nitrogen and oxygen atoms in total. The third-order valence-electron chi connectivity index (χ3n) is 10.8. The largest absolute Gasteiger partial charge is 0.462 e. The monoisotopic (exact) mass is 812 g/mol. The fourth-order valence-electron chi connectivity index (χ4n) is 7.13. The Balaban J connectivity index is 4.63. The maximum absolute atomic E-state index is 13.2. The molecule has 3 unspecified atom stereocenters. The van der Waals surface area contributed by atoms with Gasteiger partial charge in [0.25, 0.3) is 0 Å². The van der Waals surface area contributed by atoms with Crippen LogP contribution >= 0.6 is 0 Å². The van der Waals surface area contributed by atoms with Gasteiger partial charge < -0.3 is 20.3 Å². The molecule has 0 rings (SSSR count). The van der Waals surface area contributed by atoms with Crippen LogP contribution in [0.2, 0.25) is 0 Å². The Morgan fingerprint density at radius 2 is 0.983 bits per heavy atom. The molecule has 0 radical (unpaired) electrons. The number of allylic oxidation sites excluding steroid dienone is 10. The van der Waals surface area contributed by atoms with E-state index in [1.807, 2.05) is 0 Å². The van der Waals surface area contributed by atoms with E-state index >= 15 is 0 Å². The third-order valence-corrected chi connectivity index (χ3v) is 10.8. The summed E-state index contributed by atoms with van der Waals surface area (Å²) >= 11 is 0. The van der Waals surface area contributed by atoms with Crippen molar-refractivity contribution in [2.24, 2.45) is 0 Å². The van der Waals surface area contributed by atoms with Crippen LogP contribution in [-0.4, -0.2) is 46.9 Å². The van der Waals surface area contributed by atoms with Gasteiger partial charge in [0.1, 0.15) is 6.10 Å². The van der Waals surface area contributed by atoms with Crippen LogP contribution < -0.4 is 5.32 Å². The smallest absolute Gasteiger partial charge is 0.306 e. The van der Waals surface area contributed by atoms with E-state index in [-0.39, 0.29) is 24.9 Å². The van der Waals surface area contributed by atoms with Crippen LogP contribution in [0.5, 0.6) is 0 Å². The molecule has 0 aliphatic carbocycles. The third kappa shape index (κ3) is 40.3. The molecule has 3 atom stereocenters. The van der Waals surface area contributed by atoms with Gasteiger partial charge >= 0.3 is 5.97 Å². The molecule has 0 aromatic heterocycles. The summed E-state index contributed by atoms with van der Waals surface area (Å²) in [6.45, 7) is 6.29. The average Bonchev–Trinajstić information content (AvgIpc) is 3.22. The van der Waals surface area contributed by atoms with Gasteiger partial charge in [-0.05, 0) is 77.0 Å². The highest BCUT2D eigenvalue weighted by Crippen LogP contribution is 2.17. The van der Waals surface area contributed by atoms with Gasteiger partial charge in [-0.25, -0.2) is 0 Å². The van der Waals surface area contributed by atoms with Crippen LogP contribution in [0.4, 0.5) is 0 Å². The van der Waals surface area contributed by atoms with Crippen molar-refractivity contribution in [3.63, 3.8) is 0 Å². The number of aliphatic hydroxyl groups is 2. The molecule has 0 aliphatic rings. The summed E-state index contributed by atoms with van der Waals surface area (Å²) in [5.74, 6) is -0.542. The maximum Gasteiger partial charge on any atom is 0.306 e. The SMILES string of the molecule is CC/C=C/C/C=C/C/C=C/C/C=C/CCCC(CC(=O)NC(CO)C(O)CCCCCCCCCCCCCCCCC)OC(=O)CCCCCCC/C=C\CCC. The van der Waals surface area contributed by atoms with Gasteiger partial charge in [0.15, 0.2) is 0 Å². The predicted octanol–water partition coefficient (Wildman–Crippen LogP) is 14.5. The van der Waals surface area contributed by atoms with Crippen LogP contribution in [0.15, 0.2) is 60.8 Å². The molecule has 0 spiro atoms. The summed E-state index contributed by atoms with van der Waals surface area (Å²) in [4.78, 5) is 26.0. The lowest BCUT2D eigenvalue weighted by Crippen LogP contribution is -2.46. The van der Waals surface area contributed by atoms with Gasteiger partial charge in [-0.15, -0.1) is 0 Å². The maximum atomic E-state index is 13.2. The highest BCUT2D eigenvalue weighted by Gasteiger charge is 2.24. The molecule has 0 saturated carbocycles. The number of esters is 1. The zero-order valence-electron chi connectivity index (χ0n) is 38.2. The fourth-order valence-corrected chi connectivity index (χ4v) is 7.13. The van der Waals surface area contributed by atoms with E-state index in [9.17, 15) is 19.8 Å². The highest BCUT2D eigenvalue weighted by atomic mass is 16.5. The summed E-state index contributed by atoms with van der Waals surface area (Å²) in [7, 11) is 0. The number of hydrogen-bond acceptors (Lipinski definition) is 5. The molecule has 0 saturated heterocycles. The number of unbranched alkanes of at least 4 members (excludes halogenated alkanes) is 21. The number of hydrogen-bond donors (Lipinski definition) is 3. The van der Waals surface area contributed by atoms with Gasteiger partial charge in [0.2, 0.25) is 5.91 Å². The number of ether oxygens (including phenoxy) is 1. The van der Waals surface area contributed by atoms with E-state index in [1.165, 1.54) is 96.3 Å². The summed E-state index contributed by atoms with van der Waals surface area (Å²) in [6.07, 6.45) is 55.7. The molecule has 0 aromatic rings. The molecular weight excluding hydrogens is 719 g/mol. The standard InChI is InChI=1S/C52H93NO5/c1-4-7-10-13-16-19-22-24-26-28-30-32-35-38-41-44-50(55)49(47-54)53-51(56)46-48(58-52(57)45-42-39-36-33-21-18-15-12-9-6-3)43-40-37-34-31-29-27-25-23-20-17-14-11-8-5-2/h8,11-12,15,17,20,25,27,31,34,48-50,54-55H,4-7,9-10,13-14,16,18-19,21-24,26,28-30,32-33,35-47H2,1-3H3,(H,53,56)/b11-8+,15-12-,20-17+,27-25+,34-31+. The fraction of sp³-hybridized carbons (Fsp3) is 0.769. The lowest BCUT2D eigenvalue weighted by atomic mass is 10.0. The molecular formula is C52H93NO5. The quantitative estimate of drug-likeness (QED) is 0.0324. The molecule has 58 heavy (non-hydrogen) atoms. The number of rotatable bonds is 43. The highest BCUT2D eigenvalue weighted by molar-refractivity contribution is 5.77. The Morgan fingerprint density at radius 3 is 1.53 bits per heavy atom. The molecule has 0 bridgehead atoms. The number of aliphatic hydroxyl groups excluding tert-OH is 2. The van der Waals surface area contributed by atoms with Crippen molar-refractivity contribution in [3.8, 4) is 0 Å². The molecule has 0 aliphatic heterocycles. The van der Waals surface area contributed by atoms with E-state index in [1.54, 1.807) is 0 Å². The zero-order valence-corrected chi connectivity index (χ0v) is 38.2. The lowest BCUT2D eigenvalue weighted by Gasteiger charge is -2.24. The van der Waals surface area contributed by atoms with Crippen molar-refractivity contribution in [2.45, 2.75) is 251 Å². The van der Waals surface area contributed by atoms with Gasteiger partial charge in [-0.1, -0.05) is 204 Å². The first-order chi connectivity index (χ1) is 28.5. The minimum absolute atomic E-state index is 0.0354. The predicted molar refractivity (Wildman–Crippen MR) is 250 cm³/mol. The van der Waals surface area contributed by atoms with E-state index in [4.69, 9.17) is 4.74 Å². The second-order valence-corrected chi connectivity index (χ2v) is 16.5. The van der Waals surface area contributed by atoms with Gasteiger partial charge in [0, 0.05) is 6.42 Å². The van der Waals surface area contributed by atoms with Crippen LogP contribution in [-0.2, 0) is 14.3 Å². The van der Waals surface area contributed by atoms with Crippen LogP contribution in [0.1, 0.15) is 233 Å². The second kappa shape index (κ2) is 45.6. The topological polar surface area (TPSA) is 95.9 Å². The van der Waals surface area contributed by atoms with Crippen LogP contribution in [0.25, 0.3) is 0 Å². The van der Waals surface area contributed by atoms with Crippen molar-refractivity contribution in [1.29, 1.82) is 0 Å². The Bertz CT molecular complexity index is 1050. The molecule has 336 valence electrons. The number of carbonyl (C=O) groups excluding carboxylic acids is 2. The molecule has 6 heteroatoms. The number of amides is 1. The summed E-state index contributed by atoms with van der Waals surface area (Å²) in [5, 5.41) is 23.7. The molecule has 1 amide bonds. The van der Waals surface area contributed by atoms with Gasteiger partial charge in [-0.3, -0.25) is 9.59 Å². The number of carbonyl (C=O) groups is 2. The number of nitrogens with one attached hydrogen (secondary N) is 1. The van der Waals surface area contributed by atoms with Crippen LogP contribution in [0.3, 0.4) is 0 Å². The minimum atomic E-state index is -0.803. The Hall–Kier alpha value is -2.44. The summed E-state index contributed by atoms with van der Waals surface area (Å²) < 4.78 is 5.87. The Morgan fingerprint density at radius 1 is 0.517 bits per heavy atom. The van der Waals surface area contributed by atoms with E-state index in [0.29, 0.717) is 19.3 Å². The molecule has 3 N–H and O–H groups in total. The van der Waals surface area contributed by atoms with E-state index in [2.05, 4.69) is 86.8 Å². The van der Waals surface area contributed by atoms with Crippen molar-refractivity contribution >= 4 is 11.9 Å². The summed E-state index contributed by atoms with van der Waals surface area (Å²) in [6, 6.07) is -0.720. The van der Waals surface area contributed by atoms with Crippen LogP contribution in [0, 0.1) is 0 Å². The van der Waals surface area contributed by atoms with E-state index in [0.717, 1.165) is 89.9 Å². The Kier molecular flexibility index (Phi) is 43.7. The lowest BCUT2D eigenvalue weighted by molar-refractivity contribution is -0.151. The van der Waals surface area contributed by atoms with Gasteiger partial charge in [0.05, 0.1) is 25.2 Å². The zero-order chi connectivity index (χ0) is 42.4. The van der Waals surface area contributed by atoms with Crippen molar-refractivity contribution in [3.05, 3.63) is 60.8 Å². The first-order valence-corrected chi connectivity index (χ1v) is 24.5. The second-order valence-electron chi connectivity index (χ2n) is 16.5. The first kappa shape index (κ1) is 55.6. The normalized spacial score (nSPS) is 13.8. The van der Waals surface area contributed by atoms with Crippen molar-refractivity contribution in [1.82, 2.24) is 5.32 Å². The molecule has 0 fully saturated rings. The average molecular weight is 812 g/mol. The first-order valence-electron chi connectivity index (χ1n) is 24.5. The summed E-state index contributed by atoms with van der Waals surface area (Å²) in [5.41, 5.74) is 0. The van der Waals surface area contributed by atoms with Crippen molar-refractivity contribution in [2.75, 3.05) is 6.61 Å².